The molecule has 0 spiro atoms. The summed E-state index contributed by atoms with van der Waals surface area (Å²) in [5, 5.41) is 14.8. The van der Waals surface area contributed by atoms with Gasteiger partial charge in [0, 0.05) is 154 Å². The van der Waals surface area contributed by atoms with Crippen LogP contribution in [-0.4, -0.2) is 179 Å². The summed E-state index contributed by atoms with van der Waals surface area (Å²) in [7, 11) is -5.85. The Kier molecular flexibility index (Phi) is 103. The number of hydrogen-bond acceptors (Lipinski definition) is 30. The van der Waals surface area contributed by atoms with E-state index in [2.05, 4.69) is 72.7 Å². The summed E-state index contributed by atoms with van der Waals surface area (Å²) in [6.45, 7) is 25.9. The average molecular weight is 1770 g/mol. The van der Waals surface area contributed by atoms with Gasteiger partial charge in [-0.1, -0.05) is 26.3 Å². The van der Waals surface area contributed by atoms with E-state index in [-0.39, 0.29) is 79.9 Å². The van der Waals surface area contributed by atoms with Gasteiger partial charge in [-0.25, -0.2) is 24.9 Å². The van der Waals surface area contributed by atoms with Crippen molar-refractivity contribution < 1.29 is 194 Å². The summed E-state index contributed by atoms with van der Waals surface area (Å²) < 4.78 is 140. The van der Waals surface area contributed by atoms with Gasteiger partial charge in [0.15, 0.2) is 5.78 Å². The molecule has 0 aliphatic rings. The topological polar surface area (TPSA) is 446 Å². The van der Waals surface area contributed by atoms with Gasteiger partial charge in [-0.15, -0.1) is 24.0 Å². The first-order valence-corrected chi connectivity index (χ1v) is 44.4. The molecule has 0 bridgehead atoms. The number of ether oxygens (including phenoxy) is 3. The second kappa shape index (κ2) is 77.4. The summed E-state index contributed by atoms with van der Waals surface area (Å²) in [6.07, 6.45) is 2.91. The molecule has 496 valence electrons. The third-order valence-electron chi connectivity index (χ3n) is 8.38. The zero-order valence-electron chi connectivity index (χ0n) is 50.3. The fourth-order valence-electron chi connectivity index (χ4n) is 4.57. The summed E-state index contributed by atoms with van der Waals surface area (Å²) in [6, 6.07) is 1.52. The summed E-state index contributed by atoms with van der Waals surface area (Å²) >= 11 is -1.76. The van der Waals surface area contributed by atoms with Gasteiger partial charge in [-0.3, -0.25) is 4.79 Å². The standard InChI is InChI=1S/C18H34O8Si2.2C10H20O5Si.2CH4O3Si.CH3.I2.HI.H2O.6O.3Ti/c1-7-25-28(23-6,14-10-12-24-18(20)16(4)5)26-27(21,22)13-9-8-11-17(19)15(2)3;2*1-9(2)10(11)15-7-6-8-16(12-3,13-4)14-5;2*1-5(3)4-2;;1-2;;;;;;;;;;;/h21-22H,2,4,7-14H2,1,3,5-6H3;2*1,6-8H2,2-5H3;2*2H,1H3;1H3;;1H;1H2;;;;;;;;;/q;;;;;-1;;;;;;;;;;;;. The first-order chi connectivity index (χ1) is 37.8. The van der Waals surface area contributed by atoms with Gasteiger partial charge in [-0.05, 0) is 72.3 Å². The molecule has 0 fully saturated rings. The van der Waals surface area contributed by atoms with Crippen LogP contribution in [0.2, 0.25) is 37.3 Å². The molecule has 43 heteroatoms. The fourth-order valence-corrected chi connectivity index (χ4v) is 13.5. The van der Waals surface area contributed by atoms with Gasteiger partial charge in [0.1, 0.15) is 0 Å². The Morgan fingerprint density at radius 2 is 0.738 bits per heavy atom. The van der Waals surface area contributed by atoms with E-state index in [0.29, 0.717) is 86.1 Å². The molecule has 0 aliphatic carbocycles. The number of ketones is 1. The van der Waals surface area contributed by atoms with Crippen LogP contribution in [0.15, 0.2) is 48.6 Å². The zero-order valence-corrected chi connectivity index (χ0v) is 67.6. The van der Waals surface area contributed by atoms with Crippen molar-refractivity contribution in [2.45, 2.75) is 110 Å². The molecule has 1 atom stereocenters. The number of carbonyl (C=O) groups is 4. The summed E-state index contributed by atoms with van der Waals surface area (Å²) in [4.78, 5) is 65.8. The van der Waals surface area contributed by atoms with Crippen LogP contribution in [0.1, 0.15) is 73.1 Å². The fraction of sp³-hybridized carbons (Fsp3) is 0.683. The van der Waals surface area contributed by atoms with Crippen LogP contribution >= 0.6 is 61.2 Å². The Morgan fingerprint density at radius 3 is 0.929 bits per heavy atom. The number of halogens is 3. The Bertz CT molecular complexity index is 1770. The second-order valence-electron chi connectivity index (χ2n) is 14.6. The van der Waals surface area contributed by atoms with Crippen molar-refractivity contribution in [2.24, 2.45) is 0 Å². The van der Waals surface area contributed by atoms with Crippen molar-refractivity contribution in [3.8, 4) is 0 Å². The minimum absolute atomic E-state index is 0. The van der Waals surface area contributed by atoms with Gasteiger partial charge < -0.3 is 94.3 Å². The van der Waals surface area contributed by atoms with E-state index in [1.54, 1.807) is 77.3 Å². The van der Waals surface area contributed by atoms with E-state index in [1.165, 1.54) is 20.2 Å². The molecule has 1 unspecified atom stereocenters. The Labute approximate surface area is 568 Å². The van der Waals surface area contributed by atoms with Crippen molar-refractivity contribution in [3.63, 3.8) is 0 Å². The normalized spacial score (nSPS) is 10.0. The van der Waals surface area contributed by atoms with Gasteiger partial charge in [-0.2, -0.15) is 0 Å². The second-order valence-corrected chi connectivity index (χ2v) is 29.3. The molecule has 0 amide bonds. The van der Waals surface area contributed by atoms with Crippen molar-refractivity contribution in [1.82, 2.24) is 0 Å². The molecule has 0 aliphatic heterocycles. The van der Waals surface area contributed by atoms with E-state index >= 15 is 0 Å². The Morgan fingerprint density at radius 1 is 0.500 bits per heavy atom. The van der Waals surface area contributed by atoms with Gasteiger partial charge in [0.25, 0.3) is 0 Å². The number of allylic oxidation sites excluding steroid dienone is 1. The van der Waals surface area contributed by atoms with Crippen molar-refractivity contribution in [3.05, 3.63) is 56.0 Å². The predicted molar refractivity (Wildman–Crippen MR) is 323 cm³/mol. The molecule has 0 rings (SSSR count). The van der Waals surface area contributed by atoms with Gasteiger partial charge in [0.2, 0.25) is 0 Å². The third-order valence-corrected chi connectivity index (χ3v) is 20.4. The van der Waals surface area contributed by atoms with Crippen LogP contribution in [-0.2, 0) is 168 Å². The molecule has 0 saturated heterocycles. The quantitative estimate of drug-likeness (QED) is 0.00617. The first kappa shape index (κ1) is 112. The Hall–Kier alpha value is 0.114. The molecule has 84 heavy (non-hydrogen) atoms. The van der Waals surface area contributed by atoms with E-state index < -0.39 is 116 Å². The summed E-state index contributed by atoms with van der Waals surface area (Å²) in [5.41, 5.74) is 1.59. The zero-order chi connectivity index (χ0) is 65.7. The number of carbonyl (C=O) groups excluding carboxylic acids is 4. The number of hydrogen-bond donors (Lipinski definition) is 4. The Balaban J connectivity index is -0.0000000800. The first-order valence-electron chi connectivity index (χ1n) is 22.9. The van der Waals surface area contributed by atoms with Crippen LogP contribution < -0.4 is 0 Å². The van der Waals surface area contributed by atoms with Crippen molar-refractivity contribution >= 4 is 138 Å². The number of esters is 3. The number of Topliss-reactive ketones (excluding diaryl/α,β-unsaturated/α-hetero) is 1. The van der Waals surface area contributed by atoms with Crippen LogP contribution in [0, 0.1) is 7.43 Å². The molecule has 0 aromatic carbocycles. The molecular weight excluding hydrogens is 1680 g/mol. The monoisotopic (exact) mass is 1770 g/mol. The molecule has 0 aromatic rings. The maximum absolute atomic E-state index is 11.5. The molecule has 31 nitrogen and oxygen atoms in total. The SMILES string of the molecule is C=C(C)C(=O)CCCC[Si](O)(O)O[Si](CCCOC(=O)C(=C)C)(OC)OCC.C=C(C)C(=O)OCCC[Si](OC)(OC)OC.C=C(C)C(=O)OCCC[Si](OC)(OC)OC.C[Si](=O)OO.C[Si](=O)OO.I.II.O.[CH3-].[O]=[Ti]=[O].[O]=[Ti]=[O].[O]=[Ti]=[O]. The third kappa shape index (κ3) is 78.2. The van der Waals surface area contributed by atoms with Crippen molar-refractivity contribution in [1.29, 1.82) is 0 Å². The van der Waals surface area contributed by atoms with E-state index in [4.69, 9.17) is 84.2 Å². The minimum atomic E-state index is -4.04. The van der Waals surface area contributed by atoms with E-state index in [1.807, 2.05) is 0 Å². The van der Waals surface area contributed by atoms with E-state index in [9.17, 15) is 37.7 Å². The van der Waals surface area contributed by atoms with Crippen LogP contribution in [0.3, 0.4) is 0 Å². The summed E-state index contributed by atoms with van der Waals surface area (Å²) in [5.74, 6) is -1.28. The molecular formula is C41H88I3O31Si6Ti3-. The van der Waals surface area contributed by atoms with Crippen LogP contribution in [0.4, 0.5) is 0 Å². The average Bonchev–Trinajstić information content (AvgIpc) is 3.43. The van der Waals surface area contributed by atoms with Gasteiger partial charge in [0.05, 0.1) is 19.8 Å². The van der Waals surface area contributed by atoms with Crippen molar-refractivity contribution in [2.75, 3.05) is 76.2 Å². The molecule has 0 aromatic heterocycles. The number of unbranched alkanes of at least 4 members (excludes halogenated alkanes) is 1. The van der Waals surface area contributed by atoms with Crippen LogP contribution in [0.5, 0.6) is 0 Å². The predicted octanol–water partition coefficient (Wildman–Crippen LogP) is 6.46. The molecule has 6 N–H and O–H groups in total. The van der Waals surface area contributed by atoms with E-state index in [0.717, 1.165) is 0 Å². The molecule has 0 saturated carbocycles. The number of rotatable bonds is 34. The molecule has 0 radical (unpaired) electrons. The maximum atomic E-state index is 11.5. The van der Waals surface area contributed by atoms with Crippen LogP contribution in [0.25, 0.3) is 0 Å². The molecule has 0 heterocycles. The van der Waals surface area contributed by atoms with Gasteiger partial charge >= 0.3 is 148 Å².